The summed E-state index contributed by atoms with van der Waals surface area (Å²) in [6.07, 6.45) is 1.15. The number of nitrogens with one attached hydrogen (secondary N) is 2. The molecule has 3 N–H and O–H groups in total. The van der Waals surface area contributed by atoms with Gasteiger partial charge in [0.2, 0.25) is 0 Å². The summed E-state index contributed by atoms with van der Waals surface area (Å²) in [5.74, 6) is -0.168. The molecule has 0 saturated heterocycles. The van der Waals surface area contributed by atoms with Gasteiger partial charge in [-0.15, -0.1) is 0 Å². The van der Waals surface area contributed by atoms with Gasteiger partial charge in [-0.3, -0.25) is 4.79 Å². The quantitative estimate of drug-likeness (QED) is 0.726. The van der Waals surface area contributed by atoms with Crippen LogP contribution in [-0.4, -0.2) is 28.6 Å². The molecule has 1 aromatic heterocycles. The van der Waals surface area contributed by atoms with Gasteiger partial charge in [0.25, 0.3) is 5.91 Å². The Morgan fingerprint density at radius 3 is 3.00 bits per heavy atom. The Hall–Kier alpha value is -1.81. The number of hydrogen-bond donors (Lipinski definition) is 3. The maximum absolute atomic E-state index is 11.8. The van der Waals surface area contributed by atoms with Crippen LogP contribution in [0.15, 0.2) is 30.5 Å². The van der Waals surface area contributed by atoms with Crippen LogP contribution in [0, 0.1) is 0 Å². The molecule has 0 bridgehead atoms. The molecule has 2 aromatic rings. The number of aliphatic hydroxyl groups excluding tert-OH is 1. The van der Waals surface area contributed by atoms with Gasteiger partial charge in [-0.05, 0) is 13.0 Å². The largest absolute Gasteiger partial charge is 0.392 e. The molecule has 0 unspecified atom stereocenters. The van der Waals surface area contributed by atoms with Crippen molar-refractivity contribution in [1.82, 2.24) is 10.3 Å². The van der Waals surface area contributed by atoms with Gasteiger partial charge in [0.05, 0.1) is 11.7 Å². The minimum absolute atomic E-state index is 0.168. The molecule has 0 radical (unpaired) electrons. The van der Waals surface area contributed by atoms with Gasteiger partial charge in [0.1, 0.15) is 0 Å². The topological polar surface area (TPSA) is 65.1 Å². The minimum Gasteiger partial charge on any atom is -0.392 e. The normalized spacial score (nSPS) is 12.6. The molecule has 0 aliphatic heterocycles. The number of hydrogen-bond acceptors (Lipinski definition) is 2. The van der Waals surface area contributed by atoms with E-state index in [9.17, 15) is 4.79 Å². The average molecular weight is 218 g/mol. The summed E-state index contributed by atoms with van der Waals surface area (Å²) in [4.78, 5) is 14.8. The van der Waals surface area contributed by atoms with Crippen molar-refractivity contribution >= 4 is 16.8 Å². The maximum Gasteiger partial charge on any atom is 0.253 e. The molecule has 1 atom stereocenters. The molecule has 16 heavy (non-hydrogen) atoms. The first kappa shape index (κ1) is 10.7. The van der Waals surface area contributed by atoms with Crippen molar-refractivity contribution in [2.45, 2.75) is 13.0 Å². The Bertz CT molecular complexity index is 502. The Balaban J connectivity index is 2.23. The number of rotatable bonds is 3. The second kappa shape index (κ2) is 4.37. The molecular formula is C12H14N2O2. The predicted octanol–water partition coefficient (Wildman–Crippen LogP) is 1.28. The van der Waals surface area contributed by atoms with Crippen LogP contribution in [0.3, 0.4) is 0 Å². The number of fused-ring (bicyclic) bond motifs is 1. The SMILES string of the molecule is C[C@@H](O)CNC(=O)c1c[nH]c2ccccc12. The molecule has 0 saturated carbocycles. The fourth-order valence-corrected chi connectivity index (χ4v) is 1.60. The van der Waals surface area contributed by atoms with Crippen LogP contribution < -0.4 is 5.32 Å². The molecule has 1 heterocycles. The number of carbonyl (C=O) groups is 1. The summed E-state index contributed by atoms with van der Waals surface area (Å²) < 4.78 is 0. The lowest BCUT2D eigenvalue weighted by Crippen LogP contribution is -2.30. The molecule has 4 nitrogen and oxygen atoms in total. The number of aromatic nitrogens is 1. The van der Waals surface area contributed by atoms with Gasteiger partial charge < -0.3 is 15.4 Å². The van der Waals surface area contributed by atoms with Crippen LogP contribution in [0.4, 0.5) is 0 Å². The van der Waals surface area contributed by atoms with Crippen LogP contribution in [0.2, 0.25) is 0 Å². The highest BCUT2D eigenvalue weighted by atomic mass is 16.3. The molecular weight excluding hydrogens is 204 g/mol. The van der Waals surface area contributed by atoms with Crippen LogP contribution in [0.25, 0.3) is 10.9 Å². The van der Waals surface area contributed by atoms with E-state index in [0.29, 0.717) is 5.56 Å². The first-order valence-electron chi connectivity index (χ1n) is 5.21. The van der Waals surface area contributed by atoms with Crippen LogP contribution in [0.5, 0.6) is 0 Å². The van der Waals surface area contributed by atoms with Gasteiger partial charge in [-0.1, -0.05) is 18.2 Å². The minimum atomic E-state index is -0.533. The van der Waals surface area contributed by atoms with E-state index in [0.717, 1.165) is 10.9 Å². The van der Waals surface area contributed by atoms with Crippen molar-refractivity contribution in [3.63, 3.8) is 0 Å². The van der Waals surface area contributed by atoms with E-state index in [4.69, 9.17) is 5.11 Å². The van der Waals surface area contributed by atoms with Crippen molar-refractivity contribution in [3.8, 4) is 0 Å². The Labute approximate surface area is 93.3 Å². The highest BCUT2D eigenvalue weighted by Crippen LogP contribution is 2.17. The number of carbonyl (C=O) groups excluding carboxylic acids is 1. The van der Waals surface area contributed by atoms with E-state index in [1.807, 2.05) is 24.3 Å². The van der Waals surface area contributed by atoms with E-state index < -0.39 is 6.10 Å². The van der Waals surface area contributed by atoms with Gasteiger partial charge >= 0.3 is 0 Å². The van der Waals surface area contributed by atoms with Gasteiger partial charge in [-0.2, -0.15) is 0 Å². The zero-order valence-corrected chi connectivity index (χ0v) is 9.03. The number of amides is 1. The summed E-state index contributed by atoms with van der Waals surface area (Å²) in [6, 6.07) is 7.61. The highest BCUT2D eigenvalue weighted by Gasteiger charge is 2.11. The summed E-state index contributed by atoms with van der Waals surface area (Å²) in [7, 11) is 0. The Kier molecular flexibility index (Phi) is 2.92. The first-order chi connectivity index (χ1) is 7.68. The fraction of sp³-hybridized carbons (Fsp3) is 0.250. The summed E-state index contributed by atoms with van der Waals surface area (Å²) >= 11 is 0. The third kappa shape index (κ3) is 2.06. The van der Waals surface area contributed by atoms with Crippen molar-refractivity contribution in [2.75, 3.05) is 6.54 Å². The van der Waals surface area contributed by atoms with Crippen LogP contribution in [0.1, 0.15) is 17.3 Å². The lowest BCUT2D eigenvalue weighted by atomic mass is 10.1. The highest BCUT2D eigenvalue weighted by molar-refractivity contribution is 6.06. The summed E-state index contributed by atoms with van der Waals surface area (Å²) in [5.41, 5.74) is 1.54. The molecule has 2 rings (SSSR count). The smallest absolute Gasteiger partial charge is 0.253 e. The number of benzene rings is 1. The number of para-hydroxylation sites is 1. The van der Waals surface area contributed by atoms with E-state index in [-0.39, 0.29) is 12.5 Å². The van der Waals surface area contributed by atoms with Crippen LogP contribution in [-0.2, 0) is 0 Å². The van der Waals surface area contributed by atoms with Crippen molar-refractivity contribution < 1.29 is 9.90 Å². The Morgan fingerprint density at radius 2 is 2.25 bits per heavy atom. The zero-order valence-electron chi connectivity index (χ0n) is 9.03. The maximum atomic E-state index is 11.8. The van der Waals surface area contributed by atoms with Crippen LogP contribution >= 0.6 is 0 Å². The standard InChI is InChI=1S/C12H14N2O2/c1-8(15)6-14-12(16)10-7-13-11-5-3-2-4-9(10)11/h2-5,7-8,13,15H,6H2,1H3,(H,14,16)/t8-/m1/s1. The Morgan fingerprint density at radius 1 is 1.50 bits per heavy atom. The molecule has 1 amide bonds. The molecule has 0 aliphatic carbocycles. The van der Waals surface area contributed by atoms with Gasteiger partial charge in [0.15, 0.2) is 0 Å². The summed E-state index contributed by atoms with van der Waals surface area (Å²) in [6.45, 7) is 1.90. The third-order valence-corrected chi connectivity index (χ3v) is 2.39. The number of aliphatic hydroxyl groups is 1. The third-order valence-electron chi connectivity index (χ3n) is 2.39. The van der Waals surface area contributed by atoms with Gasteiger partial charge in [-0.25, -0.2) is 0 Å². The lowest BCUT2D eigenvalue weighted by molar-refractivity contribution is 0.0925. The van der Waals surface area contributed by atoms with Gasteiger partial charge in [0, 0.05) is 23.6 Å². The molecule has 84 valence electrons. The molecule has 0 aliphatic rings. The molecule has 1 aromatic carbocycles. The fourth-order valence-electron chi connectivity index (χ4n) is 1.60. The predicted molar refractivity (Wildman–Crippen MR) is 62.3 cm³/mol. The number of aromatic amines is 1. The summed E-state index contributed by atoms with van der Waals surface area (Å²) in [5, 5.41) is 12.7. The zero-order chi connectivity index (χ0) is 11.5. The van der Waals surface area contributed by atoms with Crippen molar-refractivity contribution in [3.05, 3.63) is 36.0 Å². The molecule has 4 heteroatoms. The number of H-pyrrole nitrogens is 1. The van der Waals surface area contributed by atoms with E-state index in [1.165, 1.54) is 0 Å². The van der Waals surface area contributed by atoms with E-state index in [2.05, 4.69) is 10.3 Å². The first-order valence-corrected chi connectivity index (χ1v) is 5.21. The lowest BCUT2D eigenvalue weighted by Gasteiger charge is -2.05. The molecule has 0 spiro atoms. The van der Waals surface area contributed by atoms with E-state index in [1.54, 1.807) is 13.1 Å². The second-order valence-electron chi connectivity index (χ2n) is 3.81. The average Bonchev–Trinajstić information content (AvgIpc) is 2.69. The van der Waals surface area contributed by atoms with Crippen molar-refractivity contribution in [1.29, 1.82) is 0 Å². The second-order valence-corrected chi connectivity index (χ2v) is 3.81. The van der Waals surface area contributed by atoms with Crippen molar-refractivity contribution in [2.24, 2.45) is 0 Å². The van der Waals surface area contributed by atoms with E-state index >= 15 is 0 Å². The monoisotopic (exact) mass is 218 g/mol. The molecule has 0 fully saturated rings.